The van der Waals surface area contributed by atoms with Crippen molar-refractivity contribution in [1.29, 1.82) is 0 Å². The van der Waals surface area contributed by atoms with E-state index in [-0.39, 0.29) is 48.4 Å². The number of fused-ring (bicyclic) bond motifs is 2. The van der Waals surface area contributed by atoms with Crippen LogP contribution >= 0.6 is 11.8 Å². The van der Waals surface area contributed by atoms with Gasteiger partial charge in [0, 0.05) is 55.6 Å². The molecule has 2 aromatic heterocycles. The number of allylic oxidation sites excluding steroid dienone is 1. The maximum atomic E-state index is 9.95. The number of pyridine rings is 2. The SMILES string of the molecule is C=CCOC12Oc3ccc(OCc4cccc(C)n4)cc3C3C(CCCCO)C(CCCCO)C=C(C(=NOC4CCCCO4)CC1SCCc1ccncc1)C32. The standard InChI is InChI=1S/C46H59N3O7S/c1-3-25-54-46-42(57-27-20-33-18-21-47-22-19-33)30-40(49-56-43-15-6-9-26-52-43)38-28-34(12-4-7-23-50)37(14-5-8-24-51)44(45(38)46)39-29-36(16-17-41(39)55-46)53-31-35-13-10-11-32(2)48-35/h3,10-11,13,16-19,21-22,28-29,34,37,42-45,50-51H,1,4-9,12,14-15,20,23-27,30-31H2,2H3. The highest BCUT2D eigenvalue weighted by Gasteiger charge is 2.64. The van der Waals surface area contributed by atoms with E-state index in [0.29, 0.717) is 26.2 Å². The number of oxime groups is 1. The van der Waals surface area contributed by atoms with E-state index >= 15 is 0 Å². The van der Waals surface area contributed by atoms with E-state index in [9.17, 15) is 10.2 Å². The Hall–Kier alpha value is -3.74. The number of unbranched alkanes of at least 4 members (excludes halogenated alkanes) is 2. The second-order valence-corrected chi connectivity index (χ2v) is 17.0. The Balaban J connectivity index is 1.34. The molecule has 1 saturated carbocycles. The van der Waals surface area contributed by atoms with Crippen LogP contribution in [0.25, 0.3) is 0 Å². The molecule has 10 nitrogen and oxygen atoms in total. The van der Waals surface area contributed by atoms with Crippen LogP contribution in [0.5, 0.6) is 11.5 Å². The van der Waals surface area contributed by atoms with Gasteiger partial charge in [0.2, 0.25) is 12.1 Å². The molecule has 0 radical (unpaired) electrons. The van der Waals surface area contributed by atoms with E-state index in [2.05, 4.69) is 46.9 Å². The van der Waals surface area contributed by atoms with Gasteiger partial charge in [-0.2, -0.15) is 11.8 Å². The zero-order chi connectivity index (χ0) is 39.5. The van der Waals surface area contributed by atoms with Crippen molar-refractivity contribution in [3.63, 3.8) is 0 Å². The van der Waals surface area contributed by atoms with Gasteiger partial charge in [-0.15, -0.1) is 6.58 Å². The molecule has 7 unspecified atom stereocenters. The topological polar surface area (TPSA) is 125 Å². The number of aromatic nitrogens is 2. The van der Waals surface area contributed by atoms with E-state index in [0.717, 1.165) is 110 Å². The Morgan fingerprint density at radius 3 is 2.65 bits per heavy atom. The highest BCUT2D eigenvalue weighted by molar-refractivity contribution is 8.00. The second kappa shape index (κ2) is 20.3. The molecule has 2 aliphatic heterocycles. The Kier molecular flexibility index (Phi) is 14.7. The third kappa shape index (κ3) is 9.94. The Morgan fingerprint density at radius 1 is 1.04 bits per heavy atom. The second-order valence-electron chi connectivity index (χ2n) is 15.7. The smallest absolute Gasteiger partial charge is 0.230 e. The molecule has 4 aliphatic rings. The lowest BCUT2D eigenvalue weighted by Crippen LogP contribution is -2.64. The van der Waals surface area contributed by atoms with Gasteiger partial charge in [0.15, 0.2) is 0 Å². The predicted octanol–water partition coefficient (Wildman–Crippen LogP) is 8.50. The minimum absolute atomic E-state index is 0.0169. The highest BCUT2D eigenvalue weighted by Crippen LogP contribution is 2.62. The first-order valence-electron chi connectivity index (χ1n) is 20.9. The van der Waals surface area contributed by atoms with Crippen molar-refractivity contribution < 1.29 is 34.0 Å². The van der Waals surface area contributed by atoms with E-state index in [4.69, 9.17) is 28.9 Å². The molecule has 2 fully saturated rings. The van der Waals surface area contributed by atoms with E-state index < -0.39 is 5.79 Å². The van der Waals surface area contributed by atoms with Gasteiger partial charge >= 0.3 is 0 Å². The summed E-state index contributed by atoms with van der Waals surface area (Å²) in [5, 5.41) is 24.6. The van der Waals surface area contributed by atoms with Crippen LogP contribution in [0.3, 0.4) is 0 Å². The van der Waals surface area contributed by atoms with Crippen molar-refractivity contribution in [3.8, 4) is 11.5 Å². The zero-order valence-electron chi connectivity index (χ0n) is 33.3. The number of nitrogens with zero attached hydrogens (tertiary/aromatic N) is 3. The number of aliphatic hydroxyl groups excluding tert-OH is 2. The van der Waals surface area contributed by atoms with Crippen molar-refractivity contribution >= 4 is 17.5 Å². The maximum absolute atomic E-state index is 9.95. The van der Waals surface area contributed by atoms with Gasteiger partial charge in [0.25, 0.3) is 0 Å². The lowest BCUT2D eigenvalue weighted by Gasteiger charge is -2.58. The monoisotopic (exact) mass is 797 g/mol. The lowest BCUT2D eigenvalue weighted by molar-refractivity contribution is -0.223. The molecule has 3 aromatic rings. The van der Waals surface area contributed by atoms with Gasteiger partial charge in [-0.3, -0.25) is 9.97 Å². The summed E-state index contributed by atoms with van der Waals surface area (Å²) >= 11 is 1.86. The number of rotatable bonds is 20. The summed E-state index contributed by atoms with van der Waals surface area (Å²) < 4.78 is 26.9. The summed E-state index contributed by atoms with van der Waals surface area (Å²) in [6, 6.07) is 16.3. The molecule has 4 heterocycles. The molecule has 1 aromatic carbocycles. The van der Waals surface area contributed by atoms with Crippen molar-refractivity contribution in [1.82, 2.24) is 9.97 Å². The zero-order valence-corrected chi connectivity index (χ0v) is 34.1. The fraction of sp³-hybridized carbons (Fsp3) is 0.543. The third-order valence-electron chi connectivity index (χ3n) is 11.8. The first-order valence-corrected chi connectivity index (χ1v) is 22.0. The molecule has 2 aliphatic carbocycles. The van der Waals surface area contributed by atoms with Gasteiger partial charge in [-0.1, -0.05) is 36.2 Å². The molecular formula is C46H59N3O7S. The molecule has 11 heteroatoms. The minimum Gasteiger partial charge on any atom is -0.487 e. The fourth-order valence-corrected chi connectivity index (χ4v) is 10.6. The van der Waals surface area contributed by atoms with Gasteiger partial charge in [0.05, 0.1) is 35.8 Å². The normalized spacial score (nSPS) is 27.1. The maximum Gasteiger partial charge on any atom is 0.230 e. The number of hydrogen-bond acceptors (Lipinski definition) is 11. The molecule has 7 rings (SSSR count). The molecule has 57 heavy (non-hydrogen) atoms. The summed E-state index contributed by atoms with van der Waals surface area (Å²) in [4.78, 5) is 15.2. The van der Waals surface area contributed by atoms with Crippen LogP contribution in [-0.2, 0) is 27.3 Å². The number of aryl methyl sites for hydroxylation is 2. The molecule has 1 saturated heterocycles. The van der Waals surface area contributed by atoms with Crippen molar-refractivity contribution in [3.05, 3.63) is 108 Å². The number of ether oxygens (including phenoxy) is 4. The van der Waals surface area contributed by atoms with Crippen LogP contribution in [0.15, 0.2) is 90.4 Å². The van der Waals surface area contributed by atoms with Crippen LogP contribution in [-0.4, -0.2) is 75.4 Å². The van der Waals surface area contributed by atoms with Gasteiger partial charge < -0.3 is 34.0 Å². The Morgan fingerprint density at radius 2 is 1.88 bits per heavy atom. The Labute approximate surface area is 342 Å². The largest absolute Gasteiger partial charge is 0.487 e. The van der Waals surface area contributed by atoms with Crippen LogP contribution < -0.4 is 9.47 Å². The number of benzene rings is 1. The van der Waals surface area contributed by atoms with Crippen LogP contribution in [0, 0.1) is 24.7 Å². The summed E-state index contributed by atoms with van der Waals surface area (Å²) in [7, 11) is 0. The Bertz CT molecular complexity index is 1820. The number of thioether (sulfide) groups is 1. The van der Waals surface area contributed by atoms with Crippen LogP contribution in [0.2, 0.25) is 0 Å². The molecule has 0 spiro atoms. The van der Waals surface area contributed by atoms with Gasteiger partial charge in [0.1, 0.15) is 18.1 Å². The molecular weight excluding hydrogens is 739 g/mol. The summed E-state index contributed by atoms with van der Waals surface area (Å²) in [6.45, 7) is 7.72. The van der Waals surface area contributed by atoms with E-state index in [1.54, 1.807) is 0 Å². The lowest BCUT2D eigenvalue weighted by atomic mass is 9.56. The van der Waals surface area contributed by atoms with Crippen LogP contribution in [0.4, 0.5) is 0 Å². The average Bonchev–Trinajstić information content (AvgIpc) is 3.24. The first-order chi connectivity index (χ1) is 28.0. The average molecular weight is 798 g/mol. The molecule has 2 N–H and O–H groups in total. The van der Waals surface area contributed by atoms with Crippen molar-refractivity contribution in [2.75, 3.05) is 32.2 Å². The van der Waals surface area contributed by atoms with Gasteiger partial charge in [-0.25, -0.2) is 0 Å². The molecule has 0 amide bonds. The van der Waals surface area contributed by atoms with Crippen molar-refractivity contribution in [2.45, 2.75) is 107 Å². The number of aliphatic hydroxyl groups is 2. The molecule has 0 bridgehead atoms. The predicted molar refractivity (Wildman–Crippen MR) is 223 cm³/mol. The first kappa shape index (κ1) is 41.4. The highest BCUT2D eigenvalue weighted by atomic mass is 32.2. The summed E-state index contributed by atoms with van der Waals surface area (Å²) in [5.41, 5.74) is 6.18. The molecule has 306 valence electrons. The summed E-state index contributed by atoms with van der Waals surface area (Å²) in [6.07, 6.45) is 17.0. The van der Waals surface area contributed by atoms with Gasteiger partial charge in [-0.05, 0) is 123 Å². The van der Waals surface area contributed by atoms with E-state index in [1.807, 2.05) is 61.4 Å². The van der Waals surface area contributed by atoms with Crippen LogP contribution in [0.1, 0.15) is 92.6 Å². The fourth-order valence-electron chi connectivity index (χ4n) is 9.19. The third-order valence-corrected chi connectivity index (χ3v) is 13.2. The van der Waals surface area contributed by atoms with E-state index in [1.165, 1.54) is 5.56 Å². The molecule has 7 atom stereocenters. The summed E-state index contributed by atoms with van der Waals surface area (Å²) in [5.74, 6) is 1.55. The quantitative estimate of drug-likeness (QED) is 0.0654. The number of hydrogen-bond donors (Lipinski definition) is 2. The van der Waals surface area contributed by atoms with Crippen molar-refractivity contribution in [2.24, 2.45) is 22.9 Å². The minimum atomic E-state index is -1.03.